The Morgan fingerprint density at radius 2 is 2.47 bits per heavy atom. The molecule has 0 aliphatic carbocycles. The molecule has 2 saturated heterocycles. The molecule has 1 amide bonds. The Bertz CT molecular complexity index is 478. The molecule has 0 saturated carbocycles. The summed E-state index contributed by atoms with van der Waals surface area (Å²) in [5.74, 6) is 6.43. The van der Waals surface area contributed by atoms with Crippen molar-refractivity contribution >= 4 is 11.7 Å². The summed E-state index contributed by atoms with van der Waals surface area (Å²) >= 11 is 0. The molecule has 3 rings (SSSR count). The fraction of sp³-hybridized carbons (Fsp3) is 0.538. The van der Waals surface area contributed by atoms with Crippen LogP contribution < -0.4 is 16.6 Å². The second-order valence-electron chi connectivity index (χ2n) is 5.23. The number of anilines is 1. The molecule has 0 bridgehead atoms. The maximum Gasteiger partial charge on any atom is 0.224 e. The van der Waals surface area contributed by atoms with Crippen LogP contribution in [0, 0.1) is 5.92 Å². The molecule has 2 fully saturated rings. The summed E-state index contributed by atoms with van der Waals surface area (Å²) in [7, 11) is 0. The van der Waals surface area contributed by atoms with Gasteiger partial charge in [-0.25, -0.2) is 10.8 Å². The van der Waals surface area contributed by atoms with Gasteiger partial charge in [0.25, 0.3) is 0 Å². The van der Waals surface area contributed by atoms with Gasteiger partial charge in [-0.2, -0.15) is 0 Å². The molecule has 2 aliphatic heterocycles. The SMILES string of the molecule is NNc1cc(CN2CCCC3C(=O)NCC32)ccn1. The molecule has 1 aromatic rings. The van der Waals surface area contributed by atoms with Gasteiger partial charge in [0.2, 0.25) is 5.91 Å². The zero-order chi connectivity index (χ0) is 13.2. The van der Waals surface area contributed by atoms with Crippen molar-refractivity contribution < 1.29 is 4.79 Å². The molecule has 6 heteroatoms. The lowest BCUT2D eigenvalue weighted by atomic mass is 9.91. The molecule has 6 nitrogen and oxygen atoms in total. The molecule has 2 unspecified atom stereocenters. The van der Waals surface area contributed by atoms with Crippen LogP contribution in [0.3, 0.4) is 0 Å². The lowest BCUT2D eigenvalue weighted by Gasteiger charge is -2.35. The molecule has 2 aliphatic rings. The van der Waals surface area contributed by atoms with E-state index in [0.29, 0.717) is 11.9 Å². The zero-order valence-electron chi connectivity index (χ0n) is 10.8. The number of piperidine rings is 1. The molecule has 3 heterocycles. The van der Waals surface area contributed by atoms with E-state index in [2.05, 4.69) is 20.6 Å². The number of likely N-dealkylation sites (tertiary alicyclic amines) is 1. The van der Waals surface area contributed by atoms with Crippen LogP contribution in [-0.2, 0) is 11.3 Å². The quantitative estimate of drug-likeness (QED) is 0.530. The van der Waals surface area contributed by atoms with Gasteiger partial charge in [-0.05, 0) is 37.1 Å². The van der Waals surface area contributed by atoms with Crippen molar-refractivity contribution in [1.82, 2.24) is 15.2 Å². The molecule has 1 aromatic heterocycles. The van der Waals surface area contributed by atoms with Crippen molar-refractivity contribution in [2.75, 3.05) is 18.5 Å². The fourth-order valence-electron chi connectivity index (χ4n) is 3.12. The number of amides is 1. The van der Waals surface area contributed by atoms with E-state index in [1.54, 1.807) is 6.20 Å². The summed E-state index contributed by atoms with van der Waals surface area (Å²) in [6.07, 6.45) is 3.85. The fourth-order valence-corrected chi connectivity index (χ4v) is 3.12. The first-order chi connectivity index (χ1) is 9.28. The highest BCUT2D eigenvalue weighted by atomic mass is 16.2. The van der Waals surface area contributed by atoms with Crippen molar-refractivity contribution in [3.63, 3.8) is 0 Å². The number of nitrogens with two attached hydrogens (primary N) is 1. The molecule has 0 radical (unpaired) electrons. The first kappa shape index (κ1) is 12.4. The van der Waals surface area contributed by atoms with Crippen molar-refractivity contribution in [2.24, 2.45) is 11.8 Å². The summed E-state index contributed by atoms with van der Waals surface area (Å²) < 4.78 is 0. The van der Waals surface area contributed by atoms with Crippen LogP contribution in [0.5, 0.6) is 0 Å². The van der Waals surface area contributed by atoms with Crippen LogP contribution in [0.15, 0.2) is 18.3 Å². The van der Waals surface area contributed by atoms with Gasteiger partial charge in [0.05, 0.1) is 5.92 Å². The molecule has 19 heavy (non-hydrogen) atoms. The van der Waals surface area contributed by atoms with Crippen molar-refractivity contribution in [2.45, 2.75) is 25.4 Å². The third-order valence-electron chi connectivity index (χ3n) is 4.07. The van der Waals surface area contributed by atoms with E-state index in [0.717, 1.165) is 32.5 Å². The molecular formula is C13H19N5O. The van der Waals surface area contributed by atoms with E-state index in [9.17, 15) is 4.79 Å². The number of nitrogens with zero attached hydrogens (tertiary/aromatic N) is 2. The van der Waals surface area contributed by atoms with Crippen molar-refractivity contribution in [3.8, 4) is 0 Å². The average molecular weight is 261 g/mol. The van der Waals surface area contributed by atoms with Crippen molar-refractivity contribution in [3.05, 3.63) is 23.9 Å². The summed E-state index contributed by atoms with van der Waals surface area (Å²) in [6, 6.07) is 4.28. The normalized spacial score (nSPS) is 26.9. The van der Waals surface area contributed by atoms with Gasteiger partial charge in [-0.1, -0.05) is 0 Å². The standard InChI is InChI=1S/C13H19N5O/c14-17-12-6-9(3-4-15-12)8-18-5-1-2-10-11(18)7-16-13(10)19/h3-4,6,10-11H,1-2,5,7-8,14H2,(H,15,17)(H,16,19). The van der Waals surface area contributed by atoms with E-state index >= 15 is 0 Å². The van der Waals surface area contributed by atoms with Gasteiger partial charge in [0, 0.05) is 25.3 Å². The predicted octanol–water partition coefficient (Wildman–Crippen LogP) is 0.0776. The summed E-state index contributed by atoms with van der Waals surface area (Å²) in [5.41, 5.74) is 3.73. The van der Waals surface area contributed by atoms with Gasteiger partial charge < -0.3 is 10.7 Å². The number of fused-ring (bicyclic) bond motifs is 1. The minimum absolute atomic E-state index is 0.169. The second kappa shape index (κ2) is 5.14. The van der Waals surface area contributed by atoms with E-state index in [1.165, 1.54) is 5.56 Å². The summed E-state index contributed by atoms with van der Waals surface area (Å²) in [5, 5.41) is 2.97. The third kappa shape index (κ3) is 2.41. The predicted molar refractivity (Wildman–Crippen MR) is 72.0 cm³/mol. The van der Waals surface area contributed by atoms with Crippen LogP contribution in [0.25, 0.3) is 0 Å². The zero-order valence-corrected chi connectivity index (χ0v) is 10.8. The Morgan fingerprint density at radius 1 is 1.58 bits per heavy atom. The first-order valence-electron chi connectivity index (χ1n) is 6.71. The van der Waals surface area contributed by atoms with Crippen LogP contribution in [0.1, 0.15) is 18.4 Å². The van der Waals surface area contributed by atoms with Gasteiger partial charge in [-0.15, -0.1) is 0 Å². The number of hydrazine groups is 1. The second-order valence-corrected chi connectivity index (χ2v) is 5.23. The maximum atomic E-state index is 11.7. The van der Waals surface area contributed by atoms with Crippen molar-refractivity contribution in [1.29, 1.82) is 0 Å². The number of carbonyl (C=O) groups is 1. The number of aromatic nitrogens is 1. The Hall–Kier alpha value is -1.66. The number of nitrogens with one attached hydrogen (secondary N) is 2. The molecular weight excluding hydrogens is 242 g/mol. The van der Waals surface area contributed by atoms with Gasteiger partial charge in [0.15, 0.2) is 0 Å². The smallest absolute Gasteiger partial charge is 0.224 e. The first-order valence-corrected chi connectivity index (χ1v) is 6.71. The Balaban J connectivity index is 1.73. The van der Waals surface area contributed by atoms with Gasteiger partial charge >= 0.3 is 0 Å². The highest BCUT2D eigenvalue weighted by molar-refractivity contribution is 5.82. The van der Waals surface area contributed by atoms with E-state index < -0.39 is 0 Å². The van der Waals surface area contributed by atoms with E-state index in [1.807, 2.05) is 12.1 Å². The van der Waals surface area contributed by atoms with E-state index in [-0.39, 0.29) is 11.8 Å². The number of hydrogen-bond acceptors (Lipinski definition) is 5. The summed E-state index contributed by atoms with van der Waals surface area (Å²) in [4.78, 5) is 18.2. The van der Waals surface area contributed by atoms with Gasteiger partial charge in [-0.3, -0.25) is 9.69 Å². The Kier molecular flexibility index (Phi) is 3.35. The van der Waals surface area contributed by atoms with Crippen LogP contribution in [0.2, 0.25) is 0 Å². The molecule has 0 aromatic carbocycles. The minimum Gasteiger partial charge on any atom is -0.354 e. The highest BCUT2D eigenvalue weighted by Crippen LogP contribution is 2.28. The highest BCUT2D eigenvalue weighted by Gasteiger charge is 2.40. The van der Waals surface area contributed by atoms with E-state index in [4.69, 9.17) is 5.84 Å². The van der Waals surface area contributed by atoms with Crippen LogP contribution in [0.4, 0.5) is 5.82 Å². The molecule has 0 spiro atoms. The maximum absolute atomic E-state index is 11.7. The number of rotatable bonds is 3. The number of pyridine rings is 1. The Morgan fingerprint density at radius 3 is 3.32 bits per heavy atom. The molecule has 4 N–H and O–H groups in total. The van der Waals surface area contributed by atoms with Gasteiger partial charge in [0.1, 0.15) is 5.82 Å². The number of carbonyl (C=O) groups excluding carboxylic acids is 1. The third-order valence-corrected chi connectivity index (χ3v) is 4.07. The lowest BCUT2D eigenvalue weighted by Crippen LogP contribution is -2.44. The number of nitrogen functional groups attached to an aromatic ring is 1. The molecule has 102 valence electrons. The van der Waals surface area contributed by atoms with Crippen LogP contribution in [-0.4, -0.2) is 34.9 Å². The average Bonchev–Trinajstić information content (AvgIpc) is 2.82. The largest absolute Gasteiger partial charge is 0.354 e. The summed E-state index contributed by atoms with van der Waals surface area (Å²) in [6.45, 7) is 2.66. The molecule has 2 atom stereocenters. The van der Waals surface area contributed by atoms with Crippen LogP contribution >= 0.6 is 0 Å². The Labute approximate surface area is 112 Å². The monoisotopic (exact) mass is 261 g/mol. The topological polar surface area (TPSA) is 83.3 Å². The minimum atomic E-state index is 0.169. The number of hydrogen-bond donors (Lipinski definition) is 3. The lowest BCUT2D eigenvalue weighted by molar-refractivity contribution is -0.124.